The van der Waals surface area contributed by atoms with Gasteiger partial charge in [-0.2, -0.15) is 0 Å². The van der Waals surface area contributed by atoms with Gasteiger partial charge in [0.15, 0.2) is 0 Å². The molecule has 0 aliphatic carbocycles. The number of hydrogen-bond donors (Lipinski definition) is 0. The van der Waals surface area contributed by atoms with Crippen molar-refractivity contribution >= 4 is 11.6 Å². The zero-order valence-corrected chi connectivity index (χ0v) is 9.98. The van der Waals surface area contributed by atoms with Crippen LogP contribution in [0.1, 0.15) is 31.9 Å². The van der Waals surface area contributed by atoms with Crippen LogP contribution in [0, 0.1) is 0 Å². The molecule has 0 bridgehead atoms. The highest BCUT2D eigenvalue weighted by Gasteiger charge is 2.18. The molecule has 0 aromatic heterocycles. The van der Waals surface area contributed by atoms with Gasteiger partial charge in [-0.15, -0.1) is 11.6 Å². The highest BCUT2D eigenvalue weighted by molar-refractivity contribution is 6.17. The molecule has 78 valence electrons. The Labute approximate surface area is 91.0 Å². The van der Waals surface area contributed by atoms with E-state index in [0.29, 0.717) is 5.88 Å². The number of alkyl halides is 1. The maximum absolute atomic E-state index is 5.89. The van der Waals surface area contributed by atoms with Crippen molar-refractivity contribution in [1.29, 1.82) is 0 Å². The van der Waals surface area contributed by atoms with Crippen LogP contribution in [-0.2, 0) is 11.3 Å². The van der Waals surface area contributed by atoms with Crippen LogP contribution in [0.5, 0.6) is 5.75 Å². The molecular formula is C12H17ClO. The molecular weight excluding hydrogens is 196 g/mol. The maximum atomic E-state index is 5.89. The summed E-state index contributed by atoms with van der Waals surface area (Å²) in [5, 5.41) is 0. The quantitative estimate of drug-likeness (QED) is 0.679. The van der Waals surface area contributed by atoms with Crippen molar-refractivity contribution in [3.05, 3.63) is 29.3 Å². The molecule has 0 spiro atoms. The van der Waals surface area contributed by atoms with Crippen molar-refractivity contribution in [3.63, 3.8) is 0 Å². The maximum Gasteiger partial charge on any atom is 0.119 e. The van der Waals surface area contributed by atoms with Gasteiger partial charge in [-0.05, 0) is 28.7 Å². The van der Waals surface area contributed by atoms with Crippen LogP contribution < -0.4 is 4.74 Å². The van der Waals surface area contributed by atoms with Gasteiger partial charge in [0.25, 0.3) is 0 Å². The van der Waals surface area contributed by atoms with Crippen LogP contribution in [0.3, 0.4) is 0 Å². The molecule has 1 rings (SSSR count). The third kappa shape index (κ3) is 2.42. The number of benzene rings is 1. The van der Waals surface area contributed by atoms with E-state index < -0.39 is 0 Å². The van der Waals surface area contributed by atoms with E-state index >= 15 is 0 Å². The second-order valence-electron chi connectivity index (χ2n) is 4.41. The molecule has 1 aromatic rings. The summed E-state index contributed by atoms with van der Waals surface area (Å²) in [6, 6.07) is 6.05. The summed E-state index contributed by atoms with van der Waals surface area (Å²) in [6.07, 6.45) is 0. The lowest BCUT2D eigenvalue weighted by molar-refractivity contribution is 0.412. The van der Waals surface area contributed by atoms with Crippen molar-refractivity contribution < 1.29 is 4.74 Å². The normalized spacial score (nSPS) is 11.5. The van der Waals surface area contributed by atoms with Crippen molar-refractivity contribution in [3.8, 4) is 5.75 Å². The third-order valence-electron chi connectivity index (χ3n) is 2.27. The van der Waals surface area contributed by atoms with Crippen LogP contribution in [0.25, 0.3) is 0 Å². The highest BCUT2D eigenvalue weighted by Crippen LogP contribution is 2.30. The van der Waals surface area contributed by atoms with Gasteiger partial charge in [-0.25, -0.2) is 0 Å². The van der Waals surface area contributed by atoms with Crippen molar-refractivity contribution in [2.75, 3.05) is 7.11 Å². The molecule has 0 amide bonds. The Morgan fingerprint density at radius 2 is 1.93 bits per heavy atom. The molecule has 2 heteroatoms. The molecule has 0 atom stereocenters. The van der Waals surface area contributed by atoms with Gasteiger partial charge in [0.2, 0.25) is 0 Å². The average Bonchev–Trinajstić information content (AvgIpc) is 2.15. The van der Waals surface area contributed by atoms with E-state index in [1.807, 2.05) is 12.1 Å². The van der Waals surface area contributed by atoms with E-state index in [4.69, 9.17) is 16.3 Å². The van der Waals surface area contributed by atoms with Gasteiger partial charge >= 0.3 is 0 Å². The minimum atomic E-state index is 0.110. The first-order valence-electron chi connectivity index (χ1n) is 4.72. The SMILES string of the molecule is COc1ccc(CCl)c(C(C)(C)C)c1. The molecule has 14 heavy (non-hydrogen) atoms. The Hall–Kier alpha value is -0.690. The summed E-state index contributed by atoms with van der Waals surface area (Å²) in [6.45, 7) is 6.54. The van der Waals surface area contributed by atoms with E-state index in [0.717, 1.165) is 5.75 Å². The largest absolute Gasteiger partial charge is 0.497 e. The van der Waals surface area contributed by atoms with Gasteiger partial charge < -0.3 is 4.74 Å². The molecule has 0 aliphatic rings. The minimum Gasteiger partial charge on any atom is -0.497 e. The van der Waals surface area contributed by atoms with Gasteiger partial charge in [0, 0.05) is 5.88 Å². The zero-order chi connectivity index (χ0) is 10.8. The molecule has 1 aromatic carbocycles. The standard InChI is InChI=1S/C12H17ClO/c1-12(2,3)11-7-10(14-4)6-5-9(11)8-13/h5-7H,8H2,1-4H3. The fourth-order valence-corrected chi connectivity index (χ4v) is 1.73. The monoisotopic (exact) mass is 212 g/mol. The van der Waals surface area contributed by atoms with E-state index in [1.165, 1.54) is 11.1 Å². The summed E-state index contributed by atoms with van der Waals surface area (Å²) >= 11 is 5.89. The molecule has 0 aliphatic heterocycles. The first-order chi connectivity index (χ1) is 6.49. The summed E-state index contributed by atoms with van der Waals surface area (Å²) in [5.74, 6) is 1.44. The molecule has 0 fully saturated rings. The van der Waals surface area contributed by atoms with Crippen LogP contribution >= 0.6 is 11.6 Å². The summed E-state index contributed by atoms with van der Waals surface area (Å²) in [5.41, 5.74) is 2.55. The third-order valence-corrected chi connectivity index (χ3v) is 2.56. The minimum absolute atomic E-state index is 0.110. The number of halogens is 1. The van der Waals surface area contributed by atoms with Crippen LogP contribution in [0.4, 0.5) is 0 Å². The zero-order valence-electron chi connectivity index (χ0n) is 9.23. The fourth-order valence-electron chi connectivity index (χ4n) is 1.50. The van der Waals surface area contributed by atoms with E-state index in [-0.39, 0.29) is 5.41 Å². The second-order valence-corrected chi connectivity index (χ2v) is 4.67. The van der Waals surface area contributed by atoms with Crippen molar-refractivity contribution in [2.24, 2.45) is 0 Å². The first kappa shape index (κ1) is 11.4. The Kier molecular flexibility index (Phi) is 3.43. The molecule has 0 saturated carbocycles. The Balaban J connectivity index is 3.22. The van der Waals surface area contributed by atoms with Gasteiger partial charge in [-0.3, -0.25) is 0 Å². The second kappa shape index (κ2) is 4.22. The lowest BCUT2D eigenvalue weighted by Crippen LogP contribution is -2.13. The number of hydrogen-bond acceptors (Lipinski definition) is 1. The molecule has 0 saturated heterocycles. The van der Waals surface area contributed by atoms with Gasteiger partial charge in [0.05, 0.1) is 7.11 Å². The Morgan fingerprint density at radius 3 is 2.36 bits per heavy atom. The molecule has 0 heterocycles. The van der Waals surface area contributed by atoms with E-state index in [2.05, 4.69) is 26.8 Å². The predicted molar refractivity (Wildman–Crippen MR) is 61.3 cm³/mol. The molecule has 1 nitrogen and oxygen atoms in total. The lowest BCUT2D eigenvalue weighted by Gasteiger charge is -2.22. The van der Waals surface area contributed by atoms with Crippen molar-refractivity contribution in [2.45, 2.75) is 32.1 Å². The summed E-state index contributed by atoms with van der Waals surface area (Å²) < 4.78 is 5.21. The average molecular weight is 213 g/mol. The van der Waals surface area contributed by atoms with Crippen molar-refractivity contribution in [1.82, 2.24) is 0 Å². The Morgan fingerprint density at radius 1 is 1.29 bits per heavy atom. The molecule has 0 radical (unpaired) electrons. The van der Waals surface area contributed by atoms with E-state index in [9.17, 15) is 0 Å². The number of rotatable bonds is 2. The van der Waals surface area contributed by atoms with E-state index in [1.54, 1.807) is 7.11 Å². The van der Waals surface area contributed by atoms with Gasteiger partial charge in [-0.1, -0.05) is 26.8 Å². The lowest BCUT2D eigenvalue weighted by atomic mass is 9.84. The highest BCUT2D eigenvalue weighted by atomic mass is 35.5. The van der Waals surface area contributed by atoms with Crippen LogP contribution in [-0.4, -0.2) is 7.11 Å². The predicted octanol–water partition coefficient (Wildman–Crippen LogP) is 3.73. The topological polar surface area (TPSA) is 9.23 Å². The number of ether oxygens (including phenoxy) is 1. The summed E-state index contributed by atoms with van der Waals surface area (Å²) in [4.78, 5) is 0. The van der Waals surface area contributed by atoms with Crippen LogP contribution in [0.2, 0.25) is 0 Å². The molecule has 0 N–H and O–H groups in total. The first-order valence-corrected chi connectivity index (χ1v) is 5.26. The Bertz CT molecular complexity index is 313. The van der Waals surface area contributed by atoms with Gasteiger partial charge in [0.1, 0.15) is 5.75 Å². The number of methoxy groups -OCH3 is 1. The molecule has 0 unspecified atom stereocenters. The summed E-state index contributed by atoms with van der Waals surface area (Å²) in [7, 11) is 1.68. The fraction of sp³-hybridized carbons (Fsp3) is 0.500. The smallest absolute Gasteiger partial charge is 0.119 e. The van der Waals surface area contributed by atoms with Crippen LogP contribution in [0.15, 0.2) is 18.2 Å².